The second kappa shape index (κ2) is 11.8. The number of aliphatic hydroxyl groups is 2. The lowest BCUT2D eigenvalue weighted by Crippen LogP contribution is -2.46. The molecule has 2 unspecified atom stereocenters. The number of anilines is 1. The summed E-state index contributed by atoms with van der Waals surface area (Å²) in [6, 6.07) is 11.3. The number of carbonyl (C=O) groups is 2. The number of nitrogens with two attached hydrogens (primary N) is 2. The maximum Gasteiger partial charge on any atom is 0.459 e. The van der Waals surface area contributed by atoms with Crippen molar-refractivity contribution in [2.75, 3.05) is 12.3 Å². The maximum atomic E-state index is 13.8. The number of rotatable bonds is 11. The van der Waals surface area contributed by atoms with Gasteiger partial charge in [-0.05, 0) is 38.1 Å². The van der Waals surface area contributed by atoms with Gasteiger partial charge < -0.3 is 35.7 Å². The fourth-order valence-corrected chi connectivity index (χ4v) is 5.51. The minimum absolute atomic E-state index is 0.0724. The molecule has 16 nitrogen and oxygen atoms in total. The summed E-state index contributed by atoms with van der Waals surface area (Å²) in [7, 11) is -4.53. The summed E-state index contributed by atoms with van der Waals surface area (Å²) in [5, 5.41) is 38.3. The summed E-state index contributed by atoms with van der Waals surface area (Å²) in [5.41, 5.74) is 9.40. The molecule has 0 bridgehead atoms. The number of aliphatic hydroxyl groups excluding tert-OH is 2. The molecule has 1 aliphatic rings. The number of para-hydroxylation sites is 1. The highest BCUT2D eigenvalue weighted by Gasteiger charge is 2.57. The van der Waals surface area contributed by atoms with Gasteiger partial charge in [-0.3, -0.25) is 14.1 Å². The van der Waals surface area contributed by atoms with E-state index in [0.717, 1.165) is 0 Å². The third-order valence-electron chi connectivity index (χ3n) is 6.26. The smallest absolute Gasteiger partial charge is 0.451 e. The normalized spacial score (nSPS) is 25.1. The molecule has 41 heavy (non-hydrogen) atoms. The Kier molecular flexibility index (Phi) is 8.59. The Balaban J connectivity index is 1.58. The van der Waals surface area contributed by atoms with Crippen LogP contribution in [0.3, 0.4) is 0 Å². The van der Waals surface area contributed by atoms with Gasteiger partial charge in [0.05, 0.1) is 5.69 Å². The van der Waals surface area contributed by atoms with Crippen LogP contribution in [-0.2, 0) is 28.2 Å². The van der Waals surface area contributed by atoms with Crippen LogP contribution < -0.4 is 21.1 Å². The topological polar surface area (TPSA) is 247 Å². The lowest BCUT2D eigenvalue weighted by atomic mass is 9.96. The van der Waals surface area contributed by atoms with E-state index in [9.17, 15) is 29.6 Å². The van der Waals surface area contributed by atoms with Gasteiger partial charge in [0.15, 0.2) is 11.9 Å². The lowest BCUT2D eigenvalue weighted by molar-refractivity contribution is -0.155. The van der Waals surface area contributed by atoms with E-state index in [1.807, 2.05) is 0 Å². The molecule has 3 aromatic rings. The van der Waals surface area contributed by atoms with Crippen molar-refractivity contribution in [3.8, 4) is 11.8 Å². The monoisotopic (exact) mass is 589 g/mol. The van der Waals surface area contributed by atoms with E-state index in [1.165, 1.54) is 42.9 Å². The zero-order valence-electron chi connectivity index (χ0n) is 21.9. The average molecular weight is 590 g/mol. The van der Waals surface area contributed by atoms with Crippen molar-refractivity contribution >= 4 is 31.0 Å². The average Bonchev–Trinajstić information content (AvgIpc) is 3.48. The third-order valence-corrected chi connectivity index (χ3v) is 7.88. The van der Waals surface area contributed by atoms with E-state index in [1.54, 1.807) is 30.3 Å². The van der Waals surface area contributed by atoms with Crippen LogP contribution in [-0.4, -0.2) is 73.2 Å². The van der Waals surface area contributed by atoms with Crippen LogP contribution in [0.15, 0.2) is 48.8 Å². The molecular formula is C24H28N7O9P. The SMILES string of the molecule is CC(OC(=O)[C@H](C)NP(=O)(OC[C@@]1(C#N)O[C@@H](c2ccc3c(N)ncnn23)[C@H](O)[C@@H]1O)Oc1ccccc1)C(N)=O. The summed E-state index contributed by atoms with van der Waals surface area (Å²) in [5.74, 6) is -1.67. The molecule has 1 fully saturated rings. The minimum Gasteiger partial charge on any atom is -0.451 e. The summed E-state index contributed by atoms with van der Waals surface area (Å²) >= 11 is 0. The van der Waals surface area contributed by atoms with Gasteiger partial charge in [0, 0.05) is 0 Å². The van der Waals surface area contributed by atoms with E-state index >= 15 is 0 Å². The molecule has 1 amide bonds. The Labute approximate surface area is 233 Å². The van der Waals surface area contributed by atoms with Gasteiger partial charge in [0.2, 0.25) is 5.60 Å². The minimum atomic E-state index is -4.53. The van der Waals surface area contributed by atoms with Crippen LogP contribution >= 0.6 is 7.75 Å². The first-order valence-electron chi connectivity index (χ1n) is 12.2. The first-order valence-corrected chi connectivity index (χ1v) is 13.7. The van der Waals surface area contributed by atoms with Crippen molar-refractivity contribution in [1.29, 1.82) is 5.26 Å². The molecule has 0 radical (unpaired) electrons. The molecule has 3 heterocycles. The van der Waals surface area contributed by atoms with Crippen molar-refractivity contribution in [1.82, 2.24) is 19.7 Å². The second-order valence-electron chi connectivity index (χ2n) is 9.18. The van der Waals surface area contributed by atoms with E-state index in [4.69, 9.17) is 30.0 Å². The van der Waals surface area contributed by atoms with Crippen molar-refractivity contribution in [2.24, 2.45) is 5.73 Å². The van der Waals surface area contributed by atoms with E-state index < -0.39 is 62.3 Å². The number of hydrogen-bond donors (Lipinski definition) is 5. The summed E-state index contributed by atoms with van der Waals surface area (Å²) < 4.78 is 37.0. The molecule has 0 aliphatic carbocycles. The Morgan fingerprint density at radius 1 is 1.27 bits per heavy atom. The Bertz CT molecular complexity index is 1510. The van der Waals surface area contributed by atoms with E-state index in [0.29, 0.717) is 5.52 Å². The number of primary amides is 1. The van der Waals surface area contributed by atoms with Crippen LogP contribution in [0.1, 0.15) is 25.6 Å². The number of ether oxygens (including phenoxy) is 2. The number of hydrogen-bond acceptors (Lipinski definition) is 13. The Morgan fingerprint density at radius 3 is 2.63 bits per heavy atom. The van der Waals surface area contributed by atoms with Crippen molar-refractivity contribution in [2.45, 2.75) is 49.9 Å². The first-order chi connectivity index (χ1) is 19.4. The molecular weight excluding hydrogens is 561 g/mol. The Hall–Kier alpha value is -4.10. The second-order valence-corrected chi connectivity index (χ2v) is 10.9. The molecule has 2 aromatic heterocycles. The van der Waals surface area contributed by atoms with Crippen molar-refractivity contribution < 1.29 is 42.9 Å². The predicted octanol–water partition coefficient (Wildman–Crippen LogP) is -0.0342. The standard InChI is InChI=1S/C24H28N7O9P/c1-13(23(35)38-14(2)22(27)34)30-41(36,40-15-6-4-3-5-7-15)37-11-24(10-25)20(33)18(32)19(39-24)16-8-9-17-21(26)28-12-29-31(16)17/h3-9,12-14,18-20,32-33H,11H2,1-2H3,(H2,27,34)(H,30,36)(H2,26,28,29)/t13-,14?,18-,19-,20-,24+,41?/m0/s1. The largest absolute Gasteiger partial charge is 0.459 e. The number of amides is 1. The van der Waals surface area contributed by atoms with Gasteiger partial charge in [-0.15, -0.1) is 0 Å². The van der Waals surface area contributed by atoms with Crippen molar-refractivity contribution in [3.63, 3.8) is 0 Å². The zero-order valence-corrected chi connectivity index (χ0v) is 22.8. The predicted molar refractivity (Wildman–Crippen MR) is 140 cm³/mol. The van der Waals surface area contributed by atoms with Crippen LogP contribution in [0.2, 0.25) is 0 Å². The number of nitrogens with zero attached hydrogens (tertiary/aromatic N) is 4. The van der Waals surface area contributed by atoms with Crippen molar-refractivity contribution in [3.05, 3.63) is 54.5 Å². The first kappa shape index (κ1) is 29.9. The van der Waals surface area contributed by atoms with Crippen LogP contribution in [0, 0.1) is 11.3 Å². The molecule has 0 spiro atoms. The highest BCUT2D eigenvalue weighted by atomic mass is 31.2. The molecule has 17 heteroatoms. The lowest BCUT2D eigenvalue weighted by Gasteiger charge is -2.28. The highest BCUT2D eigenvalue weighted by Crippen LogP contribution is 2.48. The summed E-state index contributed by atoms with van der Waals surface area (Å²) in [6.45, 7) is 1.65. The number of fused-ring (bicyclic) bond motifs is 1. The molecule has 218 valence electrons. The molecule has 7 N–H and O–H groups in total. The third kappa shape index (κ3) is 6.15. The number of nitrogen functional groups attached to an aromatic ring is 1. The fraction of sp³-hybridized carbons (Fsp3) is 0.375. The number of carbonyl (C=O) groups excluding carboxylic acids is 2. The number of nitriles is 1. The van der Waals surface area contributed by atoms with E-state index in [2.05, 4.69) is 15.2 Å². The number of esters is 1. The summed E-state index contributed by atoms with van der Waals surface area (Å²) in [4.78, 5) is 27.6. The van der Waals surface area contributed by atoms with E-state index in [-0.39, 0.29) is 17.3 Å². The fourth-order valence-electron chi connectivity index (χ4n) is 3.99. The number of nitrogens with one attached hydrogen (secondary N) is 1. The van der Waals surface area contributed by atoms with Crippen LogP contribution in [0.4, 0.5) is 5.82 Å². The van der Waals surface area contributed by atoms with Gasteiger partial charge in [0.1, 0.15) is 54.6 Å². The molecule has 1 aromatic carbocycles. The summed E-state index contributed by atoms with van der Waals surface area (Å²) in [6.07, 6.45) is -4.85. The molecule has 1 aliphatic heterocycles. The van der Waals surface area contributed by atoms with Gasteiger partial charge in [-0.1, -0.05) is 18.2 Å². The molecule has 0 saturated carbocycles. The van der Waals surface area contributed by atoms with Crippen LogP contribution in [0.5, 0.6) is 5.75 Å². The van der Waals surface area contributed by atoms with Gasteiger partial charge in [-0.2, -0.15) is 15.4 Å². The molecule has 1 saturated heterocycles. The highest BCUT2D eigenvalue weighted by molar-refractivity contribution is 7.52. The molecule has 4 rings (SSSR count). The molecule has 7 atom stereocenters. The van der Waals surface area contributed by atoms with Crippen LogP contribution in [0.25, 0.3) is 5.52 Å². The number of benzene rings is 1. The number of aromatic nitrogens is 3. The Morgan fingerprint density at radius 2 is 1.98 bits per heavy atom. The van der Waals surface area contributed by atoms with Gasteiger partial charge in [0.25, 0.3) is 5.91 Å². The quantitative estimate of drug-likeness (QED) is 0.146. The maximum absolute atomic E-state index is 13.8. The zero-order chi connectivity index (χ0) is 29.9. The van der Waals surface area contributed by atoms with Gasteiger partial charge >= 0.3 is 13.7 Å². The van der Waals surface area contributed by atoms with Gasteiger partial charge in [-0.25, -0.2) is 14.1 Å².